The van der Waals surface area contributed by atoms with Crippen LogP contribution in [0.5, 0.6) is 34.5 Å². The van der Waals surface area contributed by atoms with Crippen LogP contribution in [0.25, 0.3) is 22.3 Å². The monoisotopic (exact) mass is 624 g/mol. The normalized spacial score (nSPS) is 12.7. The average molecular weight is 625 g/mol. The molecule has 0 saturated carbocycles. The van der Waals surface area contributed by atoms with Gasteiger partial charge in [-0.2, -0.15) is 0 Å². The summed E-state index contributed by atoms with van der Waals surface area (Å²) in [6.45, 7) is 0.983. The summed E-state index contributed by atoms with van der Waals surface area (Å²) in [4.78, 5) is 26.1. The second-order valence-corrected chi connectivity index (χ2v) is 10.9. The minimum Gasteiger partial charge on any atom is -0.504 e. The van der Waals surface area contributed by atoms with Crippen LogP contribution in [0.3, 0.4) is 0 Å². The summed E-state index contributed by atoms with van der Waals surface area (Å²) in [6, 6.07) is 21.1. The van der Waals surface area contributed by atoms with Gasteiger partial charge in [-0.25, -0.2) is 0 Å². The fourth-order valence-electron chi connectivity index (χ4n) is 5.77. The average Bonchev–Trinajstić information content (AvgIpc) is 3.55. The number of esters is 1. The Balaban J connectivity index is 1.44. The Hall–Kier alpha value is -5.64. The molecule has 10 heteroatoms. The van der Waals surface area contributed by atoms with Crippen LogP contribution in [0.4, 0.5) is 0 Å². The summed E-state index contributed by atoms with van der Waals surface area (Å²) in [5.74, 6) is -2.27. The Bertz CT molecular complexity index is 1980. The van der Waals surface area contributed by atoms with Gasteiger partial charge in [-0.05, 0) is 34.9 Å². The van der Waals surface area contributed by atoms with Crippen molar-refractivity contribution in [2.24, 2.45) is 0 Å². The van der Waals surface area contributed by atoms with Crippen molar-refractivity contribution in [3.8, 4) is 45.8 Å². The molecule has 4 aromatic carbocycles. The number of aromatic hydroxyl groups is 3. The largest absolute Gasteiger partial charge is 0.504 e. The first-order valence-electron chi connectivity index (χ1n) is 14.7. The smallest absolute Gasteiger partial charge is 0.306 e. The number of hydrogen-bond donors (Lipinski definition) is 3. The second-order valence-electron chi connectivity index (χ2n) is 10.9. The number of hydrogen-bond acceptors (Lipinski definition) is 10. The number of benzene rings is 4. The van der Waals surface area contributed by atoms with E-state index in [1.807, 2.05) is 12.1 Å². The van der Waals surface area contributed by atoms with E-state index in [9.17, 15) is 24.9 Å². The van der Waals surface area contributed by atoms with Gasteiger partial charge in [-0.1, -0.05) is 48.5 Å². The Labute approximate surface area is 264 Å². The number of ether oxygens (including phenoxy) is 4. The van der Waals surface area contributed by atoms with Gasteiger partial charge in [0, 0.05) is 36.0 Å². The van der Waals surface area contributed by atoms with Gasteiger partial charge in [0.05, 0.1) is 33.9 Å². The summed E-state index contributed by atoms with van der Waals surface area (Å²) >= 11 is 0. The SMILES string of the molecule is COC(=O)C[C@H](c1ccc(OC)c(OCCc2ccc3c(c2)CCO3)c1)c1c(O)c(O)c(O)c2c(=O)cc(-c3ccccc3)oc12. The van der Waals surface area contributed by atoms with Crippen molar-refractivity contribution in [1.82, 2.24) is 0 Å². The lowest BCUT2D eigenvalue weighted by Gasteiger charge is -2.22. The molecule has 0 radical (unpaired) electrons. The van der Waals surface area contributed by atoms with Crippen LogP contribution < -0.4 is 19.6 Å². The molecule has 10 nitrogen and oxygen atoms in total. The number of rotatable bonds is 10. The number of carbonyl (C=O) groups is 1. The molecule has 3 N–H and O–H groups in total. The topological polar surface area (TPSA) is 145 Å². The molecule has 1 aliphatic rings. The standard InChI is InChI=1S/C36H32O10/c1-42-27-11-9-22(17-29(27)45-14-12-20-8-10-26-23(16-20)13-15-44-26)24(18-30(38)43-2)31-33(39)35(41)34(40)32-25(37)19-28(46-36(31)32)21-6-4-3-5-7-21/h3-11,16-17,19,24,39-41H,12-15,18H2,1-2H3/t24-/m1/s1. The zero-order valence-electron chi connectivity index (χ0n) is 25.2. The highest BCUT2D eigenvalue weighted by Gasteiger charge is 2.32. The number of methoxy groups -OCH3 is 2. The van der Waals surface area contributed by atoms with Gasteiger partial charge in [-0.3, -0.25) is 9.59 Å². The summed E-state index contributed by atoms with van der Waals surface area (Å²) in [6.07, 6.45) is 1.16. The molecule has 5 aromatic rings. The molecule has 236 valence electrons. The molecule has 0 fully saturated rings. The zero-order chi connectivity index (χ0) is 32.4. The van der Waals surface area contributed by atoms with E-state index in [1.165, 1.54) is 20.3 Å². The van der Waals surface area contributed by atoms with E-state index in [0.717, 1.165) is 23.3 Å². The molecule has 1 aliphatic heterocycles. The molecule has 0 aliphatic carbocycles. The quantitative estimate of drug-likeness (QED) is 0.128. The van der Waals surface area contributed by atoms with Gasteiger partial charge in [0.2, 0.25) is 5.75 Å². The van der Waals surface area contributed by atoms with Crippen LogP contribution in [0.1, 0.15) is 34.6 Å². The lowest BCUT2D eigenvalue weighted by atomic mass is 9.86. The van der Waals surface area contributed by atoms with Crippen molar-refractivity contribution in [3.05, 3.63) is 105 Å². The van der Waals surface area contributed by atoms with Gasteiger partial charge < -0.3 is 38.7 Å². The molecule has 0 spiro atoms. The van der Waals surface area contributed by atoms with Crippen LogP contribution in [0.15, 0.2) is 82.0 Å². The van der Waals surface area contributed by atoms with Crippen molar-refractivity contribution in [3.63, 3.8) is 0 Å². The third-order valence-corrected chi connectivity index (χ3v) is 8.13. The number of phenols is 3. The highest BCUT2D eigenvalue weighted by atomic mass is 16.5. The molecule has 6 rings (SSSR count). The lowest BCUT2D eigenvalue weighted by Crippen LogP contribution is -2.13. The van der Waals surface area contributed by atoms with E-state index in [0.29, 0.717) is 42.3 Å². The molecule has 1 aromatic heterocycles. The van der Waals surface area contributed by atoms with Crippen molar-refractivity contribution in [1.29, 1.82) is 0 Å². The fraction of sp³-hybridized carbons (Fsp3) is 0.222. The minimum absolute atomic E-state index is 0.0814. The third kappa shape index (κ3) is 5.77. The first-order chi connectivity index (χ1) is 22.3. The Morgan fingerprint density at radius 2 is 1.72 bits per heavy atom. The Morgan fingerprint density at radius 3 is 2.48 bits per heavy atom. The fourth-order valence-corrected chi connectivity index (χ4v) is 5.77. The predicted octanol–water partition coefficient (Wildman–Crippen LogP) is 5.84. The maximum Gasteiger partial charge on any atom is 0.306 e. The lowest BCUT2D eigenvalue weighted by molar-refractivity contribution is -0.140. The van der Waals surface area contributed by atoms with E-state index in [2.05, 4.69) is 6.07 Å². The Morgan fingerprint density at radius 1 is 0.913 bits per heavy atom. The number of fused-ring (bicyclic) bond motifs is 2. The highest BCUT2D eigenvalue weighted by molar-refractivity contribution is 5.93. The van der Waals surface area contributed by atoms with Gasteiger partial charge >= 0.3 is 5.97 Å². The molecule has 0 saturated heterocycles. The molecule has 0 bridgehead atoms. The summed E-state index contributed by atoms with van der Waals surface area (Å²) in [7, 11) is 2.73. The van der Waals surface area contributed by atoms with Crippen LogP contribution in [0, 0.1) is 0 Å². The molecule has 1 atom stereocenters. The van der Waals surface area contributed by atoms with E-state index in [-0.39, 0.29) is 28.7 Å². The summed E-state index contributed by atoms with van der Waals surface area (Å²) < 4.78 is 28.5. The molecule has 0 unspecified atom stereocenters. The van der Waals surface area contributed by atoms with E-state index in [1.54, 1.807) is 48.5 Å². The molecular formula is C36H32O10. The van der Waals surface area contributed by atoms with Crippen LogP contribution >= 0.6 is 0 Å². The highest BCUT2D eigenvalue weighted by Crippen LogP contribution is 2.50. The van der Waals surface area contributed by atoms with Gasteiger partial charge in [0.25, 0.3) is 0 Å². The minimum atomic E-state index is -1.01. The summed E-state index contributed by atoms with van der Waals surface area (Å²) in [5.41, 5.74) is 2.36. The van der Waals surface area contributed by atoms with Crippen molar-refractivity contribution in [2.45, 2.75) is 25.2 Å². The van der Waals surface area contributed by atoms with Crippen molar-refractivity contribution >= 4 is 16.9 Å². The summed E-state index contributed by atoms with van der Waals surface area (Å²) in [5, 5.41) is 32.4. The predicted molar refractivity (Wildman–Crippen MR) is 169 cm³/mol. The first-order valence-corrected chi connectivity index (χ1v) is 14.7. The second kappa shape index (κ2) is 12.8. The molecule has 2 heterocycles. The van der Waals surface area contributed by atoms with E-state index >= 15 is 0 Å². The van der Waals surface area contributed by atoms with Crippen LogP contribution in [-0.2, 0) is 22.4 Å². The van der Waals surface area contributed by atoms with Gasteiger partial charge in [0.15, 0.2) is 28.4 Å². The van der Waals surface area contributed by atoms with Gasteiger partial charge in [-0.15, -0.1) is 0 Å². The maximum atomic E-state index is 13.3. The van der Waals surface area contributed by atoms with Crippen molar-refractivity contribution < 1.29 is 43.5 Å². The maximum absolute atomic E-state index is 13.3. The molecular weight excluding hydrogens is 592 g/mol. The van der Waals surface area contributed by atoms with Crippen LogP contribution in [0.2, 0.25) is 0 Å². The number of carbonyl (C=O) groups excluding carboxylic acids is 1. The zero-order valence-corrected chi connectivity index (χ0v) is 25.2. The first kappa shape index (κ1) is 30.4. The molecule has 0 amide bonds. The number of phenolic OH excluding ortho intramolecular Hbond substituents is 3. The van der Waals surface area contributed by atoms with Gasteiger partial charge in [0.1, 0.15) is 22.5 Å². The third-order valence-electron chi connectivity index (χ3n) is 8.13. The molecule has 46 heavy (non-hydrogen) atoms. The Kier molecular flexibility index (Phi) is 8.43. The van der Waals surface area contributed by atoms with Crippen LogP contribution in [-0.4, -0.2) is 48.7 Å². The van der Waals surface area contributed by atoms with E-state index in [4.69, 9.17) is 23.4 Å². The van der Waals surface area contributed by atoms with E-state index < -0.39 is 34.6 Å². The van der Waals surface area contributed by atoms with Crippen molar-refractivity contribution in [2.75, 3.05) is 27.4 Å².